The predicted molar refractivity (Wildman–Crippen MR) is 92.3 cm³/mol. The van der Waals surface area contributed by atoms with Gasteiger partial charge in [-0.3, -0.25) is 4.68 Å². The van der Waals surface area contributed by atoms with Crippen LogP contribution in [0, 0.1) is 6.92 Å². The van der Waals surface area contributed by atoms with Crippen LogP contribution in [0.5, 0.6) is 0 Å². The van der Waals surface area contributed by atoms with Crippen molar-refractivity contribution < 1.29 is 14.3 Å². The molecule has 6 nitrogen and oxygen atoms in total. The van der Waals surface area contributed by atoms with Crippen LogP contribution in [-0.2, 0) is 22.6 Å². The van der Waals surface area contributed by atoms with Gasteiger partial charge < -0.3 is 14.8 Å². The number of rotatable bonds is 7. The lowest BCUT2D eigenvalue weighted by molar-refractivity contribution is 0.139. The van der Waals surface area contributed by atoms with Crippen molar-refractivity contribution in [2.75, 3.05) is 13.7 Å². The molecule has 24 heavy (non-hydrogen) atoms. The maximum atomic E-state index is 11.7. The summed E-state index contributed by atoms with van der Waals surface area (Å²) in [7, 11) is 1.69. The monoisotopic (exact) mass is 351 g/mol. The van der Waals surface area contributed by atoms with E-state index < -0.39 is 0 Å². The number of nitrogens with zero attached hydrogens (tertiary/aromatic N) is 2. The molecule has 7 heteroatoms. The van der Waals surface area contributed by atoms with Gasteiger partial charge in [-0.05, 0) is 43.9 Å². The van der Waals surface area contributed by atoms with Crippen LogP contribution >= 0.6 is 11.6 Å². The lowest BCUT2D eigenvalue weighted by atomic mass is 10.1. The Kier molecular flexibility index (Phi) is 5.26. The Balaban J connectivity index is 1.75. The highest BCUT2D eigenvalue weighted by Gasteiger charge is 2.24. The zero-order valence-corrected chi connectivity index (χ0v) is 14.7. The first-order valence-corrected chi connectivity index (χ1v) is 8.54. The number of aryl methyl sites for hydroxylation is 2. The fraction of sp³-hybridized carbons (Fsp3) is 0.529. The minimum Gasteiger partial charge on any atom is -0.445 e. The molecule has 1 fully saturated rings. The topological polar surface area (TPSA) is 65.4 Å². The molecule has 0 radical (unpaired) electrons. The van der Waals surface area contributed by atoms with E-state index in [0.717, 1.165) is 48.0 Å². The van der Waals surface area contributed by atoms with Crippen molar-refractivity contribution >= 4 is 28.6 Å². The van der Waals surface area contributed by atoms with Crippen LogP contribution in [0.4, 0.5) is 4.79 Å². The van der Waals surface area contributed by atoms with Crippen molar-refractivity contribution in [3.63, 3.8) is 0 Å². The zero-order chi connectivity index (χ0) is 17.1. The Bertz CT molecular complexity index is 740. The summed E-state index contributed by atoms with van der Waals surface area (Å²) in [4.78, 5) is 11.7. The van der Waals surface area contributed by atoms with E-state index in [1.807, 2.05) is 23.7 Å². The molecule has 1 aromatic carbocycles. The molecular formula is C17H22ClN3O3. The Morgan fingerprint density at radius 1 is 1.46 bits per heavy atom. The summed E-state index contributed by atoms with van der Waals surface area (Å²) in [6, 6.07) is 4.11. The van der Waals surface area contributed by atoms with Crippen LogP contribution in [-0.4, -0.2) is 35.6 Å². The molecule has 3 rings (SSSR count). The number of aromatic nitrogens is 2. The molecular weight excluding hydrogens is 330 g/mol. The number of benzene rings is 1. The lowest BCUT2D eigenvalue weighted by Crippen LogP contribution is -2.26. The van der Waals surface area contributed by atoms with Crippen LogP contribution in [0.15, 0.2) is 12.1 Å². The molecule has 0 unspecified atom stereocenters. The number of ether oxygens (including phenoxy) is 2. The standard InChI is InChI=1S/C17H22ClN3O3/c1-11-16-14(18)8-12(10-24-17(22)19-13-4-5-13)9-15(16)21(20-11)6-3-7-23-2/h8-9,13H,3-7,10H2,1-2H3,(H,19,22). The molecule has 0 aliphatic heterocycles. The minimum absolute atomic E-state index is 0.191. The molecule has 0 atom stereocenters. The fourth-order valence-electron chi connectivity index (χ4n) is 2.69. The number of methoxy groups -OCH3 is 1. The molecule has 1 heterocycles. The average molecular weight is 352 g/mol. The second-order valence-electron chi connectivity index (χ2n) is 6.12. The van der Waals surface area contributed by atoms with E-state index in [1.54, 1.807) is 7.11 Å². The fourth-order valence-corrected chi connectivity index (χ4v) is 3.06. The number of amides is 1. The zero-order valence-electron chi connectivity index (χ0n) is 14.0. The molecule has 1 N–H and O–H groups in total. The first-order chi connectivity index (χ1) is 11.6. The van der Waals surface area contributed by atoms with E-state index in [2.05, 4.69) is 10.4 Å². The molecule has 0 bridgehead atoms. The lowest BCUT2D eigenvalue weighted by Gasteiger charge is -2.08. The molecule has 0 saturated heterocycles. The summed E-state index contributed by atoms with van der Waals surface area (Å²) in [6.07, 6.45) is 2.56. The number of halogens is 1. The van der Waals surface area contributed by atoms with Crippen molar-refractivity contribution in [3.8, 4) is 0 Å². The van der Waals surface area contributed by atoms with Gasteiger partial charge in [0.15, 0.2) is 0 Å². The van der Waals surface area contributed by atoms with Crippen molar-refractivity contribution in [1.82, 2.24) is 15.1 Å². The third-order valence-corrected chi connectivity index (χ3v) is 4.33. The van der Waals surface area contributed by atoms with Crippen LogP contribution < -0.4 is 5.32 Å². The van der Waals surface area contributed by atoms with Crippen molar-refractivity contribution in [3.05, 3.63) is 28.4 Å². The number of nitrogens with one attached hydrogen (secondary N) is 1. The number of hydrogen-bond acceptors (Lipinski definition) is 4. The molecule has 0 spiro atoms. The van der Waals surface area contributed by atoms with Gasteiger partial charge in [0, 0.05) is 31.7 Å². The quantitative estimate of drug-likeness (QED) is 0.776. The Morgan fingerprint density at radius 2 is 2.25 bits per heavy atom. The second-order valence-corrected chi connectivity index (χ2v) is 6.53. The van der Waals surface area contributed by atoms with E-state index >= 15 is 0 Å². The largest absolute Gasteiger partial charge is 0.445 e. The van der Waals surface area contributed by atoms with E-state index in [9.17, 15) is 4.79 Å². The first-order valence-electron chi connectivity index (χ1n) is 8.16. The van der Waals surface area contributed by atoms with Gasteiger partial charge in [-0.1, -0.05) is 11.6 Å². The summed E-state index contributed by atoms with van der Waals surface area (Å²) in [5.41, 5.74) is 2.70. The SMILES string of the molecule is COCCCn1nc(C)c2c(Cl)cc(COC(=O)NC3CC3)cc21. The van der Waals surface area contributed by atoms with Crippen molar-refractivity contribution in [2.45, 2.75) is 45.4 Å². The Labute approximate surface area is 146 Å². The Morgan fingerprint density at radius 3 is 2.96 bits per heavy atom. The number of fused-ring (bicyclic) bond motifs is 1. The van der Waals surface area contributed by atoms with Crippen LogP contribution in [0.1, 0.15) is 30.5 Å². The van der Waals surface area contributed by atoms with Gasteiger partial charge in [0.25, 0.3) is 0 Å². The maximum Gasteiger partial charge on any atom is 0.407 e. The van der Waals surface area contributed by atoms with Gasteiger partial charge in [-0.15, -0.1) is 0 Å². The summed E-state index contributed by atoms with van der Waals surface area (Å²) in [6.45, 7) is 3.57. The Hall–Kier alpha value is -1.79. The summed E-state index contributed by atoms with van der Waals surface area (Å²) < 4.78 is 12.3. The van der Waals surface area contributed by atoms with Crippen LogP contribution in [0.3, 0.4) is 0 Å². The van der Waals surface area contributed by atoms with Gasteiger partial charge in [0.05, 0.1) is 16.2 Å². The van der Waals surface area contributed by atoms with Gasteiger partial charge in [0.1, 0.15) is 6.61 Å². The van der Waals surface area contributed by atoms with Crippen molar-refractivity contribution in [2.24, 2.45) is 0 Å². The van der Waals surface area contributed by atoms with E-state index in [1.165, 1.54) is 0 Å². The van der Waals surface area contributed by atoms with Gasteiger partial charge >= 0.3 is 6.09 Å². The maximum absolute atomic E-state index is 11.7. The third-order valence-electron chi connectivity index (χ3n) is 4.03. The molecule has 1 saturated carbocycles. The van der Waals surface area contributed by atoms with Crippen molar-refractivity contribution in [1.29, 1.82) is 0 Å². The smallest absolute Gasteiger partial charge is 0.407 e. The van der Waals surface area contributed by atoms with Gasteiger partial charge in [-0.25, -0.2) is 4.79 Å². The van der Waals surface area contributed by atoms with E-state index in [-0.39, 0.29) is 18.7 Å². The normalized spacial score (nSPS) is 14.1. The predicted octanol–water partition coefficient (Wildman–Crippen LogP) is 3.42. The van der Waals surface area contributed by atoms with Gasteiger partial charge in [-0.2, -0.15) is 5.10 Å². The van der Waals surface area contributed by atoms with Crippen LogP contribution in [0.2, 0.25) is 5.02 Å². The number of alkyl carbamates (subject to hydrolysis) is 1. The number of carbonyl (C=O) groups is 1. The van der Waals surface area contributed by atoms with Crippen LogP contribution in [0.25, 0.3) is 10.9 Å². The molecule has 1 aromatic heterocycles. The highest BCUT2D eigenvalue weighted by Crippen LogP contribution is 2.29. The average Bonchev–Trinajstić information content (AvgIpc) is 3.29. The number of hydrogen-bond donors (Lipinski definition) is 1. The molecule has 1 aliphatic carbocycles. The van der Waals surface area contributed by atoms with E-state index in [0.29, 0.717) is 11.6 Å². The highest BCUT2D eigenvalue weighted by molar-refractivity contribution is 6.35. The molecule has 1 amide bonds. The number of carbonyl (C=O) groups excluding carboxylic acids is 1. The first kappa shape index (κ1) is 17.0. The second kappa shape index (κ2) is 7.40. The molecule has 1 aliphatic rings. The third kappa shape index (κ3) is 3.99. The summed E-state index contributed by atoms with van der Waals surface area (Å²) in [5.74, 6) is 0. The highest BCUT2D eigenvalue weighted by atomic mass is 35.5. The molecule has 130 valence electrons. The summed E-state index contributed by atoms with van der Waals surface area (Å²) >= 11 is 6.42. The minimum atomic E-state index is -0.376. The van der Waals surface area contributed by atoms with E-state index in [4.69, 9.17) is 21.1 Å². The summed E-state index contributed by atoms with van der Waals surface area (Å²) in [5, 5.41) is 8.94. The molecule has 2 aromatic rings. The van der Waals surface area contributed by atoms with Gasteiger partial charge in [0.2, 0.25) is 0 Å².